The minimum atomic E-state index is -0.230. The first kappa shape index (κ1) is 25.6. The number of benzene rings is 3. The van der Waals surface area contributed by atoms with Gasteiger partial charge in [0.1, 0.15) is 11.4 Å². The van der Waals surface area contributed by atoms with Gasteiger partial charge < -0.3 is 10.1 Å². The van der Waals surface area contributed by atoms with Crippen LogP contribution < -0.4 is 15.0 Å². The average molecular weight is 518 g/mol. The molecule has 0 unspecified atom stereocenters. The van der Waals surface area contributed by atoms with E-state index in [1.54, 1.807) is 29.8 Å². The molecule has 0 atom stereocenters. The van der Waals surface area contributed by atoms with E-state index >= 15 is 0 Å². The summed E-state index contributed by atoms with van der Waals surface area (Å²) < 4.78 is 5.22. The molecule has 4 rings (SSSR count). The van der Waals surface area contributed by atoms with E-state index in [0.29, 0.717) is 10.9 Å². The lowest BCUT2D eigenvalue weighted by Gasteiger charge is -2.19. The van der Waals surface area contributed by atoms with Gasteiger partial charge in [0.2, 0.25) is 5.91 Å². The highest BCUT2D eigenvalue weighted by atomic mass is 32.2. The van der Waals surface area contributed by atoms with Gasteiger partial charge in [0, 0.05) is 10.6 Å². The summed E-state index contributed by atoms with van der Waals surface area (Å²) in [5.41, 5.74) is 4.70. The van der Waals surface area contributed by atoms with Gasteiger partial charge in [-0.2, -0.15) is 0 Å². The van der Waals surface area contributed by atoms with Crippen molar-refractivity contribution < 1.29 is 14.3 Å². The number of hydrogen-bond acceptors (Lipinski definition) is 6. The van der Waals surface area contributed by atoms with Crippen molar-refractivity contribution in [3.05, 3.63) is 89.1 Å². The van der Waals surface area contributed by atoms with Crippen molar-refractivity contribution in [3.63, 3.8) is 0 Å². The van der Waals surface area contributed by atoms with Crippen LogP contribution in [0.25, 0.3) is 6.08 Å². The zero-order valence-electron chi connectivity index (χ0n) is 20.6. The van der Waals surface area contributed by atoms with Gasteiger partial charge in [-0.25, -0.2) is 4.99 Å². The highest BCUT2D eigenvalue weighted by Gasteiger charge is 2.32. The molecule has 36 heavy (non-hydrogen) atoms. The van der Waals surface area contributed by atoms with Crippen LogP contribution in [0.2, 0.25) is 0 Å². The predicted molar refractivity (Wildman–Crippen MR) is 151 cm³/mol. The summed E-state index contributed by atoms with van der Waals surface area (Å²) in [7, 11) is 1.61. The molecule has 0 aliphatic carbocycles. The number of carbonyl (C=O) groups is 2. The highest BCUT2D eigenvalue weighted by molar-refractivity contribution is 8.14. The Morgan fingerprint density at radius 2 is 1.78 bits per heavy atom. The number of aryl methyl sites for hydroxylation is 2. The number of nitrogens with zero attached hydrogens (tertiary/aromatic N) is 2. The van der Waals surface area contributed by atoms with Crippen LogP contribution in [-0.4, -0.2) is 36.1 Å². The summed E-state index contributed by atoms with van der Waals surface area (Å²) >= 11 is 2.85. The maximum absolute atomic E-state index is 13.5. The number of nitrogens with one attached hydrogen (secondary N) is 1. The number of methoxy groups -OCH3 is 1. The molecule has 3 aromatic rings. The molecule has 184 valence electrons. The fourth-order valence-corrected chi connectivity index (χ4v) is 5.06. The van der Waals surface area contributed by atoms with Gasteiger partial charge in [0.15, 0.2) is 5.17 Å². The number of amidine groups is 1. The lowest BCUT2D eigenvalue weighted by molar-refractivity contribution is -0.114. The van der Waals surface area contributed by atoms with Crippen LogP contribution in [-0.2, 0) is 9.59 Å². The second-order valence-electron chi connectivity index (χ2n) is 8.25. The maximum Gasteiger partial charge on any atom is 0.283 e. The monoisotopic (exact) mass is 517 g/mol. The van der Waals surface area contributed by atoms with Gasteiger partial charge in [-0.3, -0.25) is 14.5 Å². The number of hydrogen-bond donors (Lipinski definition) is 1. The van der Waals surface area contributed by atoms with Crippen LogP contribution in [0.5, 0.6) is 5.75 Å². The standard InChI is InChI=1S/C28H27N3O3S2/c1-18-12-19(2)14-22(13-18)31-27(33)25(15-20-8-10-23(34-3)11-9-20)30-28(31)36-17-26(32)29-21-6-5-7-24(16-21)35-4/h5-16H,17H2,1-4H3,(H,29,32)/b25-15-. The molecule has 2 amide bonds. The van der Waals surface area contributed by atoms with Gasteiger partial charge in [-0.05, 0) is 85.3 Å². The second kappa shape index (κ2) is 11.5. The Balaban J connectivity index is 1.58. The number of rotatable bonds is 7. The molecule has 1 aliphatic rings. The molecular formula is C28H27N3O3S2. The third kappa shape index (κ3) is 6.19. The summed E-state index contributed by atoms with van der Waals surface area (Å²) in [6, 6.07) is 21.1. The Hall–Kier alpha value is -3.49. The zero-order valence-corrected chi connectivity index (χ0v) is 22.2. The Morgan fingerprint density at radius 3 is 2.44 bits per heavy atom. The molecule has 0 bridgehead atoms. The van der Waals surface area contributed by atoms with E-state index in [9.17, 15) is 9.59 Å². The van der Waals surface area contributed by atoms with E-state index in [1.807, 2.05) is 80.8 Å². The Kier molecular flexibility index (Phi) is 8.18. The van der Waals surface area contributed by atoms with Gasteiger partial charge in [-0.1, -0.05) is 36.0 Å². The Labute approximate surface area is 219 Å². The largest absolute Gasteiger partial charge is 0.497 e. The summed E-state index contributed by atoms with van der Waals surface area (Å²) in [6.45, 7) is 3.98. The van der Waals surface area contributed by atoms with Crippen molar-refractivity contribution in [2.75, 3.05) is 29.3 Å². The third-order valence-corrected chi connectivity index (χ3v) is 7.06. The first-order chi connectivity index (χ1) is 17.4. The predicted octanol–water partition coefficient (Wildman–Crippen LogP) is 6.15. The Morgan fingerprint density at radius 1 is 1.06 bits per heavy atom. The van der Waals surface area contributed by atoms with Crippen molar-refractivity contribution in [2.45, 2.75) is 18.7 Å². The van der Waals surface area contributed by atoms with Crippen LogP contribution in [0.15, 0.2) is 82.3 Å². The smallest absolute Gasteiger partial charge is 0.283 e. The van der Waals surface area contributed by atoms with Crippen LogP contribution in [0.1, 0.15) is 16.7 Å². The van der Waals surface area contributed by atoms with Crippen LogP contribution in [0, 0.1) is 13.8 Å². The molecule has 0 aromatic heterocycles. The van der Waals surface area contributed by atoms with E-state index in [-0.39, 0.29) is 17.6 Å². The van der Waals surface area contributed by atoms with Crippen molar-refractivity contribution in [1.82, 2.24) is 0 Å². The number of anilines is 2. The molecule has 8 heteroatoms. The average Bonchev–Trinajstić information content (AvgIpc) is 3.17. The molecule has 1 heterocycles. The van der Waals surface area contributed by atoms with Crippen LogP contribution >= 0.6 is 23.5 Å². The molecule has 0 saturated carbocycles. The summed E-state index contributed by atoms with van der Waals surface area (Å²) in [6.07, 6.45) is 3.74. The van der Waals surface area contributed by atoms with Crippen molar-refractivity contribution >= 4 is 58.0 Å². The van der Waals surface area contributed by atoms with Gasteiger partial charge in [-0.15, -0.1) is 11.8 Å². The zero-order chi connectivity index (χ0) is 25.7. The molecule has 1 aliphatic heterocycles. The van der Waals surface area contributed by atoms with E-state index < -0.39 is 0 Å². The molecule has 0 radical (unpaired) electrons. The minimum absolute atomic E-state index is 0.118. The molecule has 0 spiro atoms. The van der Waals surface area contributed by atoms with Crippen molar-refractivity contribution in [3.8, 4) is 5.75 Å². The molecule has 6 nitrogen and oxygen atoms in total. The van der Waals surface area contributed by atoms with E-state index in [0.717, 1.165) is 38.7 Å². The number of aliphatic imine (C=N–C) groups is 1. The van der Waals surface area contributed by atoms with Gasteiger partial charge >= 0.3 is 0 Å². The minimum Gasteiger partial charge on any atom is -0.497 e. The van der Waals surface area contributed by atoms with E-state index in [4.69, 9.17) is 4.74 Å². The molecule has 3 aromatic carbocycles. The van der Waals surface area contributed by atoms with Crippen LogP contribution in [0.3, 0.4) is 0 Å². The lowest BCUT2D eigenvalue weighted by atomic mass is 10.1. The normalized spacial score (nSPS) is 14.2. The summed E-state index contributed by atoms with van der Waals surface area (Å²) in [4.78, 5) is 33.5. The highest BCUT2D eigenvalue weighted by Crippen LogP contribution is 2.31. The summed E-state index contributed by atoms with van der Waals surface area (Å²) in [5, 5.41) is 3.40. The number of carbonyl (C=O) groups excluding carboxylic acids is 2. The number of amides is 2. The van der Waals surface area contributed by atoms with Gasteiger partial charge in [0.05, 0.1) is 18.6 Å². The summed E-state index contributed by atoms with van der Waals surface area (Å²) in [5.74, 6) is 0.459. The van der Waals surface area contributed by atoms with Gasteiger partial charge in [0.25, 0.3) is 5.91 Å². The quantitative estimate of drug-likeness (QED) is 0.301. The fourth-order valence-electron chi connectivity index (χ4n) is 3.79. The Bertz CT molecular complexity index is 1330. The SMILES string of the molecule is COc1ccc(/C=C2\N=C(SCC(=O)Nc3cccc(SC)c3)N(c3cc(C)cc(C)c3)C2=O)cc1. The van der Waals surface area contributed by atoms with E-state index in [1.165, 1.54) is 11.8 Å². The maximum atomic E-state index is 13.5. The molecule has 0 fully saturated rings. The number of ether oxygens (including phenoxy) is 1. The molecule has 0 saturated heterocycles. The first-order valence-corrected chi connectivity index (χ1v) is 13.5. The third-order valence-electron chi connectivity index (χ3n) is 5.40. The number of thioether (sulfide) groups is 2. The fraction of sp³-hybridized carbons (Fsp3) is 0.179. The topological polar surface area (TPSA) is 71.0 Å². The first-order valence-electron chi connectivity index (χ1n) is 11.3. The van der Waals surface area contributed by atoms with Crippen molar-refractivity contribution in [1.29, 1.82) is 0 Å². The molecule has 1 N–H and O–H groups in total. The lowest BCUT2D eigenvalue weighted by Crippen LogP contribution is -2.31. The molecular weight excluding hydrogens is 490 g/mol. The second-order valence-corrected chi connectivity index (χ2v) is 10.1. The van der Waals surface area contributed by atoms with Crippen molar-refractivity contribution in [2.24, 2.45) is 4.99 Å². The van der Waals surface area contributed by atoms with Crippen LogP contribution in [0.4, 0.5) is 11.4 Å². The van der Waals surface area contributed by atoms with E-state index in [2.05, 4.69) is 16.4 Å².